The van der Waals surface area contributed by atoms with Gasteiger partial charge in [0.05, 0.1) is 5.60 Å². The van der Waals surface area contributed by atoms with Gasteiger partial charge >= 0.3 is 0 Å². The summed E-state index contributed by atoms with van der Waals surface area (Å²) < 4.78 is 0. The minimum Gasteiger partial charge on any atom is -0.382 e. The summed E-state index contributed by atoms with van der Waals surface area (Å²) >= 11 is 0. The number of aldehydes is 1. The Balaban J connectivity index is 0.000000861. The first kappa shape index (κ1) is 15.1. The van der Waals surface area contributed by atoms with Gasteiger partial charge < -0.3 is 5.11 Å². The van der Waals surface area contributed by atoms with E-state index >= 15 is 0 Å². The molecule has 1 unspecified atom stereocenters. The van der Waals surface area contributed by atoms with Crippen molar-refractivity contribution in [3.63, 3.8) is 0 Å². The molecule has 0 aromatic heterocycles. The van der Waals surface area contributed by atoms with Gasteiger partial charge in [-0.3, -0.25) is 9.59 Å². The Morgan fingerprint density at radius 3 is 2.47 bits per heavy atom. The summed E-state index contributed by atoms with van der Waals surface area (Å²) in [7, 11) is 0. The molecule has 0 spiro atoms. The van der Waals surface area contributed by atoms with E-state index in [9.17, 15) is 14.7 Å². The van der Waals surface area contributed by atoms with E-state index in [1.54, 1.807) is 43.4 Å². The Morgan fingerprint density at radius 2 is 1.84 bits per heavy atom. The van der Waals surface area contributed by atoms with Crippen LogP contribution in [0.3, 0.4) is 0 Å². The molecule has 0 radical (unpaired) electrons. The second-order valence-electron chi connectivity index (χ2n) is 4.18. The van der Waals surface area contributed by atoms with Crippen molar-refractivity contribution in [1.82, 2.24) is 0 Å². The van der Waals surface area contributed by atoms with Crippen LogP contribution in [0.15, 0.2) is 30.4 Å². The normalized spacial score (nSPS) is 19.8. The fourth-order valence-corrected chi connectivity index (χ4v) is 1.76. The zero-order valence-electron chi connectivity index (χ0n) is 11.4. The van der Waals surface area contributed by atoms with Crippen LogP contribution in [-0.4, -0.2) is 22.8 Å². The highest BCUT2D eigenvalue weighted by atomic mass is 16.3. The number of benzene rings is 1. The summed E-state index contributed by atoms with van der Waals surface area (Å²) in [6, 6.07) is 5.15. The summed E-state index contributed by atoms with van der Waals surface area (Å²) in [6.45, 7) is 5.65. The van der Waals surface area contributed by atoms with E-state index < -0.39 is 11.4 Å². The molecular formula is C16H18O3. The van der Waals surface area contributed by atoms with Gasteiger partial charge in [0.1, 0.15) is 0 Å². The molecule has 3 nitrogen and oxygen atoms in total. The van der Waals surface area contributed by atoms with Crippen molar-refractivity contribution in [3.8, 4) is 0 Å². The highest BCUT2D eigenvalue weighted by molar-refractivity contribution is 6.34. The molecule has 1 N–H and O–H groups in total. The smallest absolute Gasteiger partial charge is 0.225 e. The molecule has 2 rings (SSSR count). The summed E-state index contributed by atoms with van der Waals surface area (Å²) in [5.74, 6) is -0.554. The number of Topliss-reactive ketones (excluding diaryl/α,β-unsaturated/α-hetero) is 1. The molecule has 0 saturated heterocycles. The number of carbonyl (C=O) groups excluding carboxylic acids is 2. The molecule has 1 aliphatic rings. The van der Waals surface area contributed by atoms with Crippen LogP contribution in [0.5, 0.6) is 0 Å². The average molecular weight is 258 g/mol. The SMILES string of the molecule is CC.CC1(O)C=Cc2cccc(C(=O)C=O)c2C=C1. The van der Waals surface area contributed by atoms with Crippen molar-refractivity contribution < 1.29 is 14.7 Å². The minimum atomic E-state index is -1.04. The Labute approximate surface area is 113 Å². The van der Waals surface area contributed by atoms with Crippen molar-refractivity contribution in [2.75, 3.05) is 0 Å². The summed E-state index contributed by atoms with van der Waals surface area (Å²) in [4.78, 5) is 22.0. The first-order valence-electron chi connectivity index (χ1n) is 6.27. The second kappa shape index (κ2) is 6.25. The quantitative estimate of drug-likeness (QED) is 0.504. The third-order valence-electron chi connectivity index (χ3n) is 2.70. The Hall–Kier alpha value is -2.00. The minimum absolute atomic E-state index is 0.302. The molecule has 0 heterocycles. The van der Waals surface area contributed by atoms with Gasteiger partial charge in [-0.1, -0.05) is 44.2 Å². The number of hydrogen-bond acceptors (Lipinski definition) is 3. The van der Waals surface area contributed by atoms with Crippen LogP contribution in [0.1, 0.15) is 42.3 Å². The van der Waals surface area contributed by atoms with Gasteiger partial charge in [0, 0.05) is 5.56 Å². The van der Waals surface area contributed by atoms with E-state index in [2.05, 4.69) is 0 Å². The Morgan fingerprint density at radius 1 is 1.21 bits per heavy atom. The summed E-state index contributed by atoms with van der Waals surface area (Å²) in [5, 5.41) is 9.89. The fraction of sp³-hybridized carbons (Fsp3) is 0.250. The monoisotopic (exact) mass is 258 g/mol. The van der Waals surface area contributed by atoms with Crippen LogP contribution >= 0.6 is 0 Å². The molecule has 1 aromatic carbocycles. The molecule has 1 aliphatic carbocycles. The lowest BCUT2D eigenvalue weighted by molar-refractivity contribution is -0.104. The first-order valence-corrected chi connectivity index (χ1v) is 6.27. The zero-order chi connectivity index (χ0) is 14.5. The molecule has 0 saturated carbocycles. The van der Waals surface area contributed by atoms with Crippen LogP contribution in [0.2, 0.25) is 0 Å². The average Bonchev–Trinajstić information content (AvgIpc) is 2.59. The molecule has 100 valence electrons. The third-order valence-corrected chi connectivity index (χ3v) is 2.70. The van der Waals surface area contributed by atoms with Crippen molar-refractivity contribution in [2.45, 2.75) is 26.4 Å². The fourth-order valence-electron chi connectivity index (χ4n) is 1.76. The van der Waals surface area contributed by atoms with E-state index in [0.29, 0.717) is 17.4 Å². The molecule has 0 aliphatic heterocycles. The van der Waals surface area contributed by atoms with Crippen molar-refractivity contribution in [3.05, 3.63) is 47.0 Å². The van der Waals surface area contributed by atoms with Gasteiger partial charge in [-0.15, -0.1) is 0 Å². The van der Waals surface area contributed by atoms with Gasteiger partial charge in [0.2, 0.25) is 5.78 Å². The molecule has 19 heavy (non-hydrogen) atoms. The summed E-state index contributed by atoms with van der Waals surface area (Å²) in [6.07, 6.45) is 6.96. The van der Waals surface area contributed by atoms with Gasteiger partial charge in [-0.25, -0.2) is 0 Å². The Bertz CT molecular complexity index is 537. The Kier molecular flexibility index (Phi) is 4.95. The number of carbonyl (C=O) groups is 2. The van der Waals surface area contributed by atoms with Gasteiger partial charge in [0.25, 0.3) is 0 Å². The van der Waals surface area contributed by atoms with E-state index in [0.717, 1.165) is 5.56 Å². The standard InChI is InChI=1S/C14H12O3.C2H6/c1-14(17)7-5-10-3-2-4-12(13(16)9-15)11(10)6-8-14;1-2/h2-9,17H,1H3;1-2H3. The summed E-state index contributed by atoms with van der Waals surface area (Å²) in [5.41, 5.74) is 0.794. The molecule has 0 amide bonds. The maximum Gasteiger partial charge on any atom is 0.225 e. The predicted octanol–water partition coefficient (Wildman–Crippen LogP) is 2.89. The highest BCUT2D eigenvalue weighted by Gasteiger charge is 2.17. The number of rotatable bonds is 2. The van der Waals surface area contributed by atoms with Crippen LogP contribution in [0.4, 0.5) is 0 Å². The maximum absolute atomic E-state index is 11.5. The van der Waals surface area contributed by atoms with E-state index in [-0.39, 0.29) is 0 Å². The van der Waals surface area contributed by atoms with Gasteiger partial charge in [-0.2, -0.15) is 0 Å². The maximum atomic E-state index is 11.5. The van der Waals surface area contributed by atoms with E-state index in [1.165, 1.54) is 0 Å². The lowest BCUT2D eigenvalue weighted by atomic mass is 9.98. The third kappa shape index (κ3) is 3.48. The predicted molar refractivity (Wildman–Crippen MR) is 76.9 cm³/mol. The highest BCUT2D eigenvalue weighted by Crippen LogP contribution is 2.24. The second-order valence-corrected chi connectivity index (χ2v) is 4.18. The first-order chi connectivity index (χ1) is 9.03. The van der Waals surface area contributed by atoms with E-state index in [4.69, 9.17) is 0 Å². The lowest BCUT2D eigenvalue weighted by Crippen LogP contribution is -2.15. The van der Waals surface area contributed by atoms with Crippen molar-refractivity contribution in [2.24, 2.45) is 0 Å². The van der Waals surface area contributed by atoms with Crippen LogP contribution < -0.4 is 0 Å². The number of ketones is 1. The molecule has 1 aromatic rings. The van der Waals surface area contributed by atoms with Crippen LogP contribution in [0, 0.1) is 0 Å². The van der Waals surface area contributed by atoms with E-state index in [1.807, 2.05) is 19.9 Å². The number of aliphatic hydroxyl groups is 1. The van der Waals surface area contributed by atoms with Crippen LogP contribution in [0.25, 0.3) is 12.2 Å². The van der Waals surface area contributed by atoms with Crippen LogP contribution in [-0.2, 0) is 4.79 Å². The molecule has 1 atom stereocenters. The molecular weight excluding hydrogens is 240 g/mol. The molecule has 3 heteroatoms. The molecule has 0 bridgehead atoms. The van der Waals surface area contributed by atoms with Gasteiger partial charge in [0.15, 0.2) is 6.29 Å². The number of hydrogen-bond donors (Lipinski definition) is 1. The van der Waals surface area contributed by atoms with Crippen molar-refractivity contribution >= 4 is 24.2 Å². The zero-order valence-corrected chi connectivity index (χ0v) is 11.4. The largest absolute Gasteiger partial charge is 0.382 e. The lowest BCUT2D eigenvalue weighted by Gasteiger charge is -2.10. The molecule has 0 fully saturated rings. The number of fused-ring (bicyclic) bond motifs is 1. The topological polar surface area (TPSA) is 54.4 Å². The van der Waals surface area contributed by atoms with Crippen molar-refractivity contribution in [1.29, 1.82) is 0 Å². The van der Waals surface area contributed by atoms with Gasteiger partial charge in [-0.05, 0) is 30.2 Å².